The molecular weight excluding hydrogens is 404 g/mol. The monoisotopic (exact) mass is 434 g/mol. The fraction of sp³-hybridized carbons (Fsp3) is 0.333. The average molecular weight is 435 g/mol. The molecule has 3 rings (SSSR count). The third-order valence-corrected chi connectivity index (χ3v) is 5.34. The summed E-state index contributed by atoms with van der Waals surface area (Å²) in [6, 6.07) is 17.7. The van der Waals surface area contributed by atoms with Crippen LogP contribution in [0.4, 0.5) is 0 Å². The second-order valence-corrected chi connectivity index (χ2v) is 7.62. The Bertz CT molecular complexity index is 1070. The number of carbonyl (C=O) groups excluding carboxylic acids is 2. The van der Waals surface area contributed by atoms with E-state index in [0.29, 0.717) is 23.1 Å². The Morgan fingerprint density at radius 3 is 2.41 bits per heavy atom. The van der Waals surface area contributed by atoms with Crippen LogP contribution in [0.5, 0.6) is 5.75 Å². The fourth-order valence-corrected chi connectivity index (χ4v) is 3.86. The van der Waals surface area contributed by atoms with Crippen molar-refractivity contribution in [2.24, 2.45) is 0 Å². The van der Waals surface area contributed by atoms with Crippen LogP contribution < -0.4 is 4.74 Å². The molecule has 0 N–H and O–H groups in total. The van der Waals surface area contributed by atoms with E-state index in [2.05, 4.69) is 19.1 Å². The van der Waals surface area contributed by atoms with Crippen molar-refractivity contribution in [1.82, 2.24) is 0 Å². The second-order valence-electron chi connectivity index (χ2n) is 7.62. The molecule has 0 amide bonds. The van der Waals surface area contributed by atoms with Gasteiger partial charge in [0, 0.05) is 18.1 Å². The lowest BCUT2D eigenvalue weighted by molar-refractivity contribution is -0.137. The lowest BCUT2D eigenvalue weighted by atomic mass is 9.90. The largest absolute Gasteiger partial charge is 0.467 e. The fourth-order valence-electron chi connectivity index (χ4n) is 3.86. The number of ketones is 1. The van der Waals surface area contributed by atoms with E-state index in [1.54, 1.807) is 20.1 Å². The molecule has 0 spiro atoms. The Hall–Kier alpha value is -3.18. The Balaban J connectivity index is 2.26. The van der Waals surface area contributed by atoms with Gasteiger partial charge in [-0.15, -0.1) is 0 Å². The molecule has 0 bridgehead atoms. The number of unbranched alkanes of at least 4 members (excludes halogenated alkanes) is 1. The number of fused-ring (bicyclic) bond motifs is 1. The average Bonchev–Trinajstić information content (AvgIpc) is 2.81. The first-order valence-electron chi connectivity index (χ1n) is 11.0. The number of rotatable bonds is 11. The first kappa shape index (κ1) is 23.5. The Kier molecular flexibility index (Phi) is 8.40. The van der Waals surface area contributed by atoms with Gasteiger partial charge in [-0.2, -0.15) is 0 Å². The van der Waals surface area contributed by atoms with E-state index in [4.69, 9.17) is 14.2 Å². The van der Waals surface area contributed by atoms with Crippen molar-refractivity contribution >= 4 is 22.5 Å². The molecule has 0 atom stereocenters. The summed E-state index contributed by atoms with van der Waals surface area (Å²) < 4.78 is 16.3. The van der Waals surface area contributed by atoms with Gasteiger partial charge in [-0.1, -0.05) is 61.9 Å². The highest BCUT2D eigenvalue weighted by Gasteiger charge is 2.25. The molecule has 0 aromatic heterocycles. The molecule has 32 heavy (non-hydrogen) atoms. The van der Waals surface area contributed by atoms with E-state index in [-0.39, 0.29) is 13.4 Å². The van der Waals surface area contributed by atoms with E-state index >= 15 is 0 Å². The molecule has 5 heteroatoms. The van der Waals surface area contributed by atoms with Gasteiger partial charge in [0.1, 0.15) is 5.75 Å². The Morgan fingerprint density at radius 2 is 1.72 bits per heavy atom. The predicted octanol–water partition coefficient (Wildman–Crippen LogP) is 5.50. The maximum Gasteiger partial charge on any atom is 0.379 e. The topological polar surface area (TPSA) is 61.8 Å². The van der Waals surface area contributed by atoms with Gasteiger partial charge in [-0.25, -0.2) is 4.79 Å². The van der Waals surface area contributed by atoms with Crippen LogP contribution in [0, 0.1) is 0 Å². The molecule has 3 aromatic rings. The molecule has 0 aliphatic heterocycles. The van der Waals surface area contributed by atoms with Crippen molar-refractivity contribution in [3.05, 3.63) is 76.9 Å². The van der Waals surface area contributed by atoms with Crippen molar-refractivity contribution in [2.45, 2.75) is 39.5 Å². The van der Waals surface area contributed by atoms with Crippen LogP contribution in [-0.2, 0) is 27.1 Å². The minimum atomic E-state index is -0.839. The van der Waals surface area contributed by atoms with Crippen LogP contribution in [0.25, 0.3) is 10.8 Å². The summed E-state index contributed by atoms with van der Waals surface area (Å²) >= 11 is 0. The SMILES string of the molecule is CCCCc1cc(C(=O)C(=O)OCC)c2cccc(Cc3ccccc3)c2c1OCOC. The maximum absolute atomic E-state index is 13.0. The molecule has 0 aliphatic carbocycles. The third kappa shape index (κ3) is 5.35. The molecule has 168 valence electrons. The van der Waals surface area contributed by atoms with Crippen LogP contribution in [0.15, 0.2) is 54.6 Å². The Labute approximate surface area is 189 Å². The number of carbonyl (C=O) groups is 2. The first-order chi connectivity index (χ1) is 15.6. The van der Waals surface area contributed by atoms with Gasteiger partial charge in [-0.3, -0.25) is 4.79 Å². The summed E-state index contributed by atoms with van der Waals surface area (Å²) in [6.07, 6.45) is 3.33. The minimum absolute atomic E-state index is 0.0963. The molecule has 0 fully saturated rings. The molecule has 0 saturated heterocycles. The summed E-state index contributed by atoms with van der Waals surface area (Å²) in [6.45, 7) is 4.05. The van der Waals surface area contributed by atoms with Gasteiger partial charge < -0.3 is 14.2 Å². The van der Waals surface area contributed by atoms with Crippen LogP contribution in [0.3, 0.4) is 0 Å². The number of hydrogen-bond donors (Lipinski definition) is 0. The molecule has 0 aliphatic rings. The number of benzene rings is 3. The van der Waals surface area contributed by atoms with Gasteiger partial charge in [0.15, 0.2) is 6.79 Å². The van der Waals surface area contributed by atoms with Crippen LogP contribution >= 0.6 is 0 Å². The minimum Gasteiger partial charge on any atom is -0.467 e. The quantitative estimate of drug-likeness (QED) is 0.173. The van der Waals surface area contributed by atoms with E-state index in [9.17, 15) is 9.59 Å². The van der Waals surface area contributed by atoms with Crippen LogP contribution in [0.2, 0.25) is 0 Å². The normalized spacial score (nSPS) is 10.8. The van der Waals surface area contributed by atoms with Crippen molar-refractivity contribution in [1.29, 1.82) is 0 Å². The van der Waals surface area contributed by atoms with Crippen LogP contribution in [0.1, 0.15) is 53.7 Å². The number of methoxy groups -OCH3 is 1. The smallest absolute Gasteiger partial charge is 0.379 e. The van der Waals surface area contributed by atoms with Crippen molar-refractivity contribution in [2.75, 3.05) is 20.5 Å². The van der Waals surface area contributed by atoms with Crippen molar-refractivity contribution in [3.63, 3.8) is 0 Å². The molecule has 0 radical (unpaired) electrons. The lowest BCUT2D eigenvalue weighted by Crippen LogP contribution is -2.18. The van der Waals surface area contributed by atoms with Gasteiger partial charge >= 0.3 is 5.97 Å². The first-order valence-corrected chi connectivity index (χ1v) is 11.0. The Morgan fingerprint density at radius 1 is 0.938 bits per heavy atom. The maximum atomic E-state index is 13.0. The number of Topliss-reactive ketones (excluding diaryl/α,β-unsaturated/α-hetero) is 1. The zero-order valence-electron chi connectivity index (χ0n) is 19.0. The van der Waals surface area contributed by atoms with Crippen molar-refractivity contribution < 1.29 is 23.8 Å². The summed E-state index contributed by atoms with van der Waals surface area (Å²) in [5, 5.41) is 1.53. The molecule has 0 unspecified atom stereocenters. The summed E-state index contributed by atoms with van der Waals surface area (Å²) in [5.41, 5.74) is 3.42. The number of esters is 1. The second kappa shape index (κ2) is 11.4. The molecule has 0 saturated carbocycles. The molecular formula is C27H30O5. The molecule has 3 aromatic carbocycles. The number of ether oxygens (including phenoxy) is 3. The predicted molar refractivity (Wildman–Crippen MR) is 125 cm³/mol. The highest BCUT2D eigenvalue weighted by Crippen LogP contribution is 2.37. The third-order valence-electron chi connectivity index (χ3n) is 5.34. The highest BCUT2D eigenvalue weighted by molar-refractivity contribution is 6.43. The lowest BCUT2D eigenvalue weighted by Gasteiger charge is -2.19. The molecule has 0 heterocycles. The summed E-state index contributed by atoms with van der Waals surface area (Å²) in [4.78, 5) is 25.4. The van der Waals surface area contributed by atoms with Gasteiger partial charge in [0.25, 0.3) is 5.78 Å². The number of hydrogen-bond acceptors (Lipinski definition) is 5. The van der Waals surface area contributed by atoms with Gasteiger partial charge in [0.2, 0.25) is 0 Å². The summed E-state index contributed by atoms with van der Waals surface area (Å²) in [5.74, 6) is -0.763. The van der Waals surface area contributed by atoms with Crippen LogP contribution in [-0.4, -0.2) is 32.3 Å². The summed E-state index contributed by atoms with van der Waals surface area (Å²) in [7, 11) is 1.58. The van der Waals surface area contributed by atoms with E-state index in [1.807, 2.05) is 36.4 Å². The zero-order valence-corrected chi connectivity index (χ0v) is 19.0. The van der Waals surface area contributed by atoms with Gasteiger partial charge in [-0.05, 0) is 54.3 Å². The van der Waals surface area contributed by atoms with E-state index in [1.165, 1.54) is 0 Å². The van der Waals surface area contributed by atoms with Crippen molar-refractivity contribution in [3.8, 4) is 5.75 Å². The standard InChI is InChI=1S/C27H30O5/c1-4-6-13-21-17-23(25(28)27(29)31-5-2)22-15-10-14-20(16-19-11-8-7-9-12-19)24(22)26(21)32-18-30-3/h7-12,14-15,17H,4-6,13,16,18H2,1-3H3. The molecule has 5 nitrogen and oxygen atoms in total. The highest BCUT2D eigenvalue weighted by atomic mass is 16.7. The number of aryl methyl sites for hydroxylation is 1. The van der Waals surface area contributed by atoms with Gasteiger partial charge in [0.05, 0.1) is 6.61 Å². The van der Waals surface area contributed by atoms with E-state index in [0.717, 1.165) is 41.3 Å². The van der Waals surface area contributed by atoms with E-state index < -0.39 is 11.8 Å². The zero-order chi connectivity index (χ0) is 22.9.